The van der Waals surface area contributed by atoms with E-state index in [-0.39, 0.29) is 42.1 Å². The quantitative estimate of drug-likeness (QED) is 0.131. The molecule has 3 aromatic carbocycles. The number of hydrogen-bond donors (Lipinski definition) is 4. The van der Waals surface area contributed by atoms with Crippen molar-refractivity contribution in [3.8, 4) is 39.8 Å². The average Bonchev–Trinajstić information content (AvgIpc) is 4.00. The Morgan fingerprint density at radius 2 is 1.81 bits per heavy atom. The maximum atomic E-state index is 14.4. The molecule has 2 amide bonds. The molecular formula is C43H40Cl2N6O6. The number of rotatable bonds is 6. The minimum absolute atomic E-state index is 0.106. The van der Waals surface area contributed by atoms with Gasteiger partial charge in [0.05, 0.1) is 11.1 Å². The Bertz CT molecular complexity index is 2690. The molecule has 292 valence electrons. The van der Waals surface area contributed by atoms with Crippen molar-refractivity contribution in [1.29, 1.82) is 0 Å². The molecule has 10 bridgehead atoms. The van der Waals surface area contributed by atoms with E-state index in [1.54, 1.807) is 13.8 Å². The molecule has 4 N–H and O–H groups in total. The van der Waals surface area contributed by atoms with Gasteiger partial charge in [-0.25, -0.2) is 4.98 Å². The zero-order chi connectivity index (χ0) is 39.7. The van der Waals surface area contributed by atoms with Crippen LogP contribution in [0.15, 0.2) is 63.4 Å². The van der Waals surface area contributed by atoms with Crippen molar-refractivity contribution in [1.82, 2.24) is 25.2 Å². The predicted octanol–water partition coefficient (Wildman–Crippen LogP) is 8.14. The summed E-state index contributed by atoms with van der Waals surface area (Å²) in [6.07, 6.45) is -0.194. The number of amides is 2. The van der Waals surface area contributed by atoms with Gasteiger partial charge in [0.25, 0.3) is 11.8 Å². The Labute approximate surface area is 337 Å². The lowest BCUT2D eigenvalue weighted by Crippen LogP contribution is -2.55. The second-order valence-corrected chi connectivity index (χ2v) is 16.4. The molecule has 57 heavy (non-hydrogen) atoms. The maximum absolute atomic E-state index is 14.4. The highest BCUT2D eigenvalue weighted by Gasteiger charge is 2.62. The van der Waals surface area contributed by atoms with Crippen LogP contribution in [0.2, 0.25) is 10.3 Å². The lowest BCUT2D eigenvalue weighted by atomic mass is 9.72. The van der Waals surface area contributed by atoms with Gasteiger partial charge in [0.15, 0.2) is 28.6 Å². The van der Waals surface area contributed by atoms with E-state index >= 15 is 0 Å². The van der Waals surface area contributed by atoms with Crippen molar-refractivity contribution in [3.63, 3.8) is 0 Å². The summed E-state index contributed by atoms with van der Waals surface area (Å²) < 4.78 is 22.6. The average molecular weight is 808 g/mol. The van der Waals surface area contributed by atoms with Gasteiger partial charge in [-0.1, -0.05) is 93.4 Å². The van der Waals surface area contributed by atoms with E-state index in [0.717, 1.165) is 44.4 Å². The molecule has 1 unspecified atom stereocenters. The summed E-state index contributed by atoms with van der Waals surface area (Å²) in [4.78, 5) is 37.9. The number of anilines is 1. The molecule has 3 aromatic heterocycles. The lowest BCUT2D eigenvalue weighted by molar-refractivity contribution is -0.143. The number of para-hydroxylation sites is 1. The van der Waals surface area contributed by atoms with Crippen LogP contribution in [0, 0.1) is 5.92 Å². The number of oxazole rings is 2. The van der Waals surface area contributed by atoms with E-state index < -0.39 is 41.1 Å². The summed E-state index contributed by atoms with van der Waals surface area (Å²) in [5, 5.41) is 22.4. The number of fused-ring (bicyclic) bond motifs is 7. The smallest absolute Gasteiger partial charge is 0.252 e. The van der Waals surface area contributed by atoms with E-state index in [2.05, 4.69) is 34.1 Å². The van der Waals surface area contributed by atoms with E-state index in [9.17, 15) is 14.7 Å². The van der Waals surface area contributed by atoms with E-state index in [1.807, 2.05) is 61.7 Å². The second kappa shape index (κ2) is 12.6. The standard InChI is InChI=1S/C43H40Cl2N6O6/c1-6-42(54,7-2)40(53)46-25-18-20-15-16-27-24(17-20)43-23-13-9-12-22(31(23)49-41(43)55-27)21-11-10-14-26-28(21)29(36(45)51(26)8-3)33-35(44)50-39(56-33)32-34(43)57-38(48-32)30(19(4)5)47-37(25)52/h9-17,19,25,30,41,49,54H,6-8,18H2,1-5H3,(H,46,53)(H,47,52)/t25-,30-,41?,43-/m0/s1. The van der Waals surface area contributed by atoms with Crippen LogP contribution in [0.1, 0.15) is 81.8 Å². The van der Waals surface area contributed by atoms with Crippen LogP contribution < -0.4 is 20.7 Å². The molecule has 4 aliphatic heterocycles. The minimum Gasteiger partial charge on any atom is -0.469 e. The topological polar surface area (TPSA) is 157 Å². The van der Waals surface area contributed by atoms with Gasteiger partial charge in [-0.15, -0.1) is 0 Å². The molecule has 6 aromatic rings. The summed E-state index contributed by atoms with van der Waals surface area (Å²) >= 11 is 14.3. The molecular weight excluding hydrogens is 767 g/mol. The Balaban J connectivity index is 1.30. The summed E-state index contributed by atoms with van der Waals surface area (Å²) in [5.74, 6) is 0.343. The van der Waals surface area contributed by atoms with E-state index in [0.29, 0.717) is 40.2 Å². The van der Waals surface area contributed by atoms with Crippen LogP contribution in [0.4, 0.5) is 5.69 Å². The van der Waals surface area contributed by atoms with Crippen LogP contribution in [0.3, 0.4) is 0 Å². The summed E-state index contributed by atoms with van der Waals surface area (Å²) in [6, 6.07) is 16.3. The van der Waals surface area contributed by atoms with Gasteiger partial charge >= 0.3 is 0 Å². The Kier molecular flexibility index (Phi) is 7.97. The number of benzene rings is 3. The summed E-state index contributed by atoms with van der Waals surface area (Å²) in [7, 11) is 0. The van der Waals surface area contributed by atoms with Crippen molar-refractivity contribution in [2.45, 2.75) is 89.8 Å². The number of aliphatic hydroxyl groups is 1. The molecule has 0 radical (unpaired) electrons. The monoisotopic (exact) mass is 806 g/mol. The van der Waals surface area contributed by atoms with Crippen molar-refractivity contribution in [3.05, 3.63) is 93.2 Å². The van der Waals surface area contributed by atoms with Gasteiger partial charge in [-0.2, -0.15) is 4.98 Å². The second-order valence-electron chi connectivity index (χ2n) is 15.7. The van der Waals surface area contributed by atoms with E-state index in [1.165, 1.54) is 0 Å². The molecule has 0 saturated carbocycles. The fraction of sp³-hybridized carbons (Fsp3) is 0.349. The molecule has 4 aliphatic rings. The first-order chi connectivity index (χ1) is 27.4. The Morgan fingerprint density at radius 1 is 1.04 bits per heavy atom. The van der Waals surface area contributed by atoms with E-state index in [4.69, 9.17) is 46.7 Å². The third-order valence-corrected chi connectivity index (χ3v) is 13.1. The zero-order valence-electron chi connectivity index (χ0n) is 31.9. The fourth-order valence-corrected chi connectivity index (χ4v) is 9.88. The highest BCUT2D eigenvalue weighted by Crippen LogP contribution is 2.62. The number of hydrogen-bond acceptors (Lipinski definition) is 9. The number of halogens is 2. The number of nitrogens with one attached hydrogen (secondary N) is 3. The molecule has 7 heterocycles. The van der Waals surface area contributed by atoms with Crippen molar-refractivity contribution < 1.29 is 28.3 Å². The third-order valence-electron chi connectivity index (χ3n) is 12.4. The van der Waals surface area contributed by atoms with Crippen LogP contribution in [0.5, 0.6) is 5.75 Å². The largest absolute Gasteiger partial charge is 0.469 e. The first kappa shape index (κ1) is 36.1. The predicted molar refractivity (Wildman–Crippen MR) is 215 cm³/mol. The van der Waals surface area contributed by atoms with Gasteiger partial charge in [-0.05, 0) is 48.9 Å². The van der Waals surface area contributed by atoms with Crippen LogP contribution >= 0.6 is 23.2 Å². The maximum Gasteiger partial charge on any atom is 0.252 e. The number of carbonyl (C=O) groups excluding carboxylic acids is 2. The zero-order valence-corrected chi connectivity index (χ0v) is 33.4. The molecule has 14 heteroatoms. The van der Waals surface area contributed by atoms with Gasteiger partial charge in [0, 0.05) is 40.7 Å². The molecule has 12 nitrogen and oxygen atoms in total. The summed E-state index contributed by atoms with van der Waals surface area (Å²) in [5.41, 5.74) is 4.12. The normalized spacial score (nSPS) is 21.4. The third kappa shape index (κ3) is 4.84. The van der Waals surface area contributed by atoms with Crippen LogP contribution in [0.25, 0.3) is 44.9 Å². The minimum atomic E-state index is -1.64. The van der Waals surface area contributed by atoms with Gasteiger partial charge in [0.2, 0.25) is 11.8 Å². The first-order valence-corrected chi connectivity index (χ1v) is 20.2. The molecule has 0 saturated heterocycles. The van der Waals surface area contributed by atoms with Crippen molar-refractivity contribution >= 4 is 51.6 Å². The molecule has 0 aliphatic carbocycles. The number of aryl methyl sites for hydroxylation is 1. The van der Waals surface area contributed by atoms with Crippen molar-refractivity contribution in [2.24, 2.45) is 5.92 Å². The highest BCUT2D eigenvalue weighted by molar-refractivity contribution is 6.38. The molecule has 4 atom stereocenters. The number of carbonyl (C=O) groups is 2. The highest BCUT2D eigenvalue weighted by atomic mass is 35.5. The van der Waals surface area contributed by atoms with Gasteiger partial charge in [-0.3, -0.25) is 9.59 Å². The SMILES string of the molecule is CCn1c(Cl)c2c3c(cccc31)-c1cccc3c1NC1Oc4ccc5cc4[C@]31c1oc(nc1-c1nc(Cl)c-2o1)[C@H](C(C)C)NC(=O)[C@@H](NC(=O)C(O)(CC)CC)C5. The van der Waals surface area contributed by atoms with Crippen LogP contribution in [-0.4, -0.2) is 49.3 Å². The lowest BCUT2D eigenvalue weighted by Gasteiger charge is -2.30. The molecule has 1 spiro atoms. The fourth-order valence-electron chi connectivity index (χ4n) is 9.28. The Morgan fingerprint density at radius 3 is 2.56 bits per heavy atom. The Hall–Kier alpha value is -5.30. The number of nitrogens with zero attached hydrogens (tertiary/aromatic N) is 3. The number of ether oxygens (including phenoxy) is 1. The van der Waals surface area contributed by atoms with Crippen molar-refractivity contribution in [2.75, 3.05) is 5.32 Å². The number of aromatic nitrogens is 3. The molecule has 0 fully saturated rings. The molecule has 10 rings (SSSR count). The van der Waals surface area contributed by atoms with Gasteiger partial charge in [0.1, 0.15) is 34.0 Å². The summed E-state index contributed by atoms with van der Waals surface area (Å²) in [6.45, 7) is 10.0. The van der Waals surface area contributed by atoms with Gasteiger partial charge < -0.3 is 39.2 Å². The van der Waals surface area contributed by atoms with Crippen LogP contribution in [-0.2, 0) is 28.0 Å². The first-order valence-electron chi connectivity index (χ1n) is 19.5.